The average molecular weight is 462 g/mol. The van der Waals surface area contributed by atoms with Crippen LogP contribution in [0.15, 0.2) is 79.0 Å². The molecule has 0 spiro atoms. The average Bonchev–Trinajstić information content (AvgIpc) is 2.88. The van der Waals surface area contributed by atoms with Crippen molar-refractivity contribution in [2.45, 2.75) is 6.04 Å². The Morgan fingerprint density at radius 1 is 0.971 bits per heavy atom. The molecule has 1 aliphatic heterocycles. The quantitative estimate of drug-likeness (QED) is 0.297. The number of benzene rings is 2. The van der Waals surface area contributed by atoms with E-state index in [1.165, 1.54) is 17.3 Å². The predicted molar refractivity (Wildman–Crippen MR) is 128 cm³/mol. The zero-order chi connectivity index (χ0) is 23.8. The van der Waals surface area contributed by atoms with Crippen molar-refractivity contribution < 1.29 is 14.7 Å². The molecule has 0 atom stereocenters. The van der Waals surface area contributed by atoms with E-state index < -0.39 is 5.09 Å². The zero-order valence-electron chi connectivity index (χ0n) is 18.7. The van der Waals surface area contributed by atoms with Crippen LogP contribution in [0.2, 0.25) is 0 Å². The summed E-state index contributed by atoms with van der Waals surface area (Å²) in [4.78, 5) is 35.7. The van der Waals surface area contributed by atoms with Crippen molar-refractivity contribution in [3.63, 3.8) is 0 Å². The van der Waals surface area contributed by atoms with Gasteiger partial charge in [-0.05, 0) is 23.3 Å². The van der Waals surface area contributed by atoms with Crippen LogP contribution < -0.4 is 10.2 Å². The van der Waals surface area contributed by atoms with E-state index >= 15 is 0 Å². The molecule has 1 aromatic heterocycles. The van der Waals surface area contributed by atoms with E-state index in [2.05, 4.69) is 73.5 Å². The summed E-state index contributed by atoms with van der Waals surface area (Å²) >= 11 is 0. The van der Waals surface area contributed by atoms with Crippen LogP contribution in [0.4, 0.5) is 5.82 Å². The first-order valence-electron chi connectivity index (χ1n) is 11.2. The van der Waals surface area contributed by atoms with Gasteiger partial charge in [0.25, 0.3) is 11.0 Å². The lowest BCUT2D eigenvalue weighted by atomic mass is 9.96. The Labute approximate surface area is 198 Å². The summed E-state index contributed by atoms with van der Waals surface area (Å²) in [6, 6.07) is 24.9. The van der Waals surface area contributed by atoms with Crippen LogP contribution in [0.3, 0.4) is 0 Å². The normalized spacial score (nSPS) is 14.1. The van der Waals surface area contributed by atoms with E-state index in [-0.39, 0.29) is 25.1 Å². The van der Waals surface area contributed by atoms with Crippen LogP contribution >= 0.6 is 0 Å². The molecule has 176 valence electrons. The first-order valence-corrected chi connectivity index (χ1v) is 11.2. The molecular weight excluding hydrogens is 434 g/mol. The summed E-state index contributed by atoms with van der Waals surface area (Å²) in [5.74, 6) is 0.480. The second kappa shape index (κ2) is 11.2. The highest BCUT2D eigenvalue weighted by Gasteiger charge is 2.26. The second-order valence-electron chi connectivity index (χ2n) is 7.96. The summed E-state index contributed by atoms with van der Waals surface area (Å²) in [5.41, 5.74) is 2.95. The lowest BCUT2D eigenvalue weighted by molar-refractivity contribution is -0.757. The summed E-state index contributed by atoms with van der Waals surface area (Å²) in [7, 11) is 0. The smallest absolute Gasteiger partial charge is 0.294 e. The third-order valence-electron chi connectivity index (χ3n) is 5.83. The molecule has 0 bridgehead atoms. The number of carbonyl (C=O) groups is 1. The number of carbonyl (C=O) groups excluding carboxylic acids is 1. The number of aromatic nitrogens is 1. The minimum atomic E-state index is -0.885. The number of pyridine rings is 1. The van der Waals surface area contributed by atoms with Crippen LogP contribution in [-0.2, 0) is 4.84 Å². The molecule has 9 nitrogen and oxygen atoms in total. The molecule has 2 aromatic carbocycles. The van der Waals surface area contributed by atoms with Crippen LogP contribution in [-0.4, -0.2) is 60.2 Å². The van der Waals surface area contributed by atoms with Gasteiger partial charge < -0.3 is 15.1 Å². The maximum atomic E-state index is 12.2. The van der Waals surface area contributed by atoms with E-state index in [4.69, 9.17) is 0 Å². The molecular formula is C25H27N5O4. The van der Waals surface area contributed by atoms with E-state index in [1.54, 1.807) is 6.07 Å². The highest BCUT2D eigenvalue weighted by molar-refractivity contribution is 5.94. The standard InChI is InChI=1S/C25H27N5O4/c31-25(26-13-18-34-30(32)33)22-11-12-23(27-19-22)28-14-16-29(17-15-28)24(20-7-3-1-4-8-20)21-9-5-2-6-10-21/h1-12,19,24H,13-18H2,(H,26,31). The van der Waals surface area contributed by atoms with Gasteiger partial charge in [0.15, 0.2) is 0 Å². The number of rotatable bonds is 9. The van der Waals surface area contributed by atoms with E-state index in [0.29, 0.717) is 5.56 Å². The van der Waals surface area contributed by atoms with Crippen LogP contribution in [0.1, 0.15) is 27.5 Å². The molecule has 0 aliphatic carbocycles. The maximum Gasteiger partial charge on any atom is 0.294 e. The molecule has 0 radical (unpaired) electrons. The Kier molecular flexibility index (Phi) is 7.67. The lowest BCUT2D eigenvalue weighted by Gasteiger charge is -2.40. The Balaban J connectivity index is 1.36. The summed E-state index contributed by atoms with van der Waals surface area (Å²) in [6.45, 7) is 3.28. The number of amides is 1. The molecule has 9 heteroatoms. The Morgan fingerprint density at radius 3 is 2.12 bits per heavy atom. The molecule has 4 rings (SSSR count). The molecule has 1 fully saturated rings. The molecule has 1 aliphatic rings. The van der Waals surface area contributed by atoms with Crippen molar-refractivity contribution >= 4 is 11.7 Å². The van der Waals surface area contributed by atoms with Crippen molar-refractivity contribution in [2.24, 2.45) is 0 Å². The molecule has 1 N–H and O–H groups in total. The van der Waals surface area contributed by atoms with E-state index in [9.17, 15) is 14.9 Å². The SMILES string of the molecule is O=C(NCCO[N+](=O)[O-])c1ccc(N2CCN(C(c3ccccc3)c3ccccc3)CC2)nc1. The fraction of sp³-hybridized carbons (Fsp3) is 0.280. The molecule has 0 saturated carbocycles. The first kappa shape index (κ1) is 23.2. The van der Waals surface area contributed by atoms with Gasteiger partial charge in [0.1, 0.15) is 12.4 Å². The van der Waals surface area contributed by atoms with Gasteiger partial charge in [-0.15, -0.1) is 10.1 Å². The Morgan fingerprint density at radius 2 is 1.59 bits per heavy atom. The summed E-state index contributed by atoms with van der Waals surface area (Å²) in [5, 5.41) is 11.8. The van der Waals surface area contributed by atoms with E-state index in [0.717, 1.165) is 32.0 Å². The summed E-state index contributed by atoms with van der Waals surface area (Å²) < 4.78 is 0. The maximum absolute atomic E-state index is 12.2. The predicted octanol–water partition coefficient (Wildman–Crippen LogP) is 2.93. The van der Waals surface area contributed by atoms with Gasteiger partial charge in [-0.1, -0.05) is 60.7 Å². The Hall–Kier alpha value is -3.98. The summed E-state index contributed by atoms with van der Waals surface area (Å²) in [6.07, 6.45) is 1.53. The van der Waals surface area contributed by atoms with Gasteiger partial charge in [0.2, 0.25) is 0 Å². The molecule has 1 saturated heterocycles. The van der Waals surface area contributed by atoms with Crippen molar-refractivity contribution in [3.8, 4) is 0 Å². The molecule has 34 heavy (non-hydrogen) atoms. The number of piperazine rings is 1. The third kappa shape index (κ3) is 5.87. The molecule has 1 amide bonds. The van der Waals surface area contributed by atoms with Gasteiger partial charge in [0, 0.05) is 38.9 Å². The fourth-order valence-electron chi connectivity index (χ4n) is 4.19. The fourth-order valence-corrected chi connectivity index (χ4v) is 4.19. The van der Waals surface area contributed by atoms with Crippen LogP contribution in [0, 0.1) is 10.1 Å². The van der Waals surface area contributed by atoms with Gasteiger partial charge >= 0.3 is 0 Å². The highest BCUT2D eigenvalue weighted by atomic mass is 16.9. The van der Waals surface area contributed by atoms with Crippen molar-refractivity contribution in [1.29, 1.82) is 0 Å². The first-order chi connectivity index (χ1) is 16.6. The molecule has 0 unspecified atom stereocenters. The topological polar surface area (TPSA) is 101 Å². The minimum Gasteiger partial charge on any atom is -0.354 e. The van der Waals surface area contributed by atoms with Gasteiger partial charge in [-0.3, -0.25) is 9.69 Å². The number of anilines is 1. The minimum absolute atomic E-state index is 0.0491. The third-order valence-corrected chi connectivity index (χ3v) is 5.83. The zero-order valence-corrected chi connectivity index (χ0v) is 18.7. The van der Waals surface area contributed by atoms with Gasteiger partial charge in [-0.25, -0.2) is 4.98 Å². The molecule has 2 heterocycles. The number of hydrogen-bond acceptors (Lipinski definition) is 7. The number of hydrogen-bond donors (Lipinski definition) is 1. The van der Waals surface area contributed by atoms with Crippen LogP contribution in [0.5, 0.6) is 0 Å². The second-order valence-corrected chi connectivity index (χ2v) is 7.96. The molecule has 3 aromatic rings. The van der Waals surface area contributed by atoms with Gasteiger partial charge in [0.05, 0.1) is 11.6 Å². The van der Waals surface area contributed by atoms with Crippen molar-refractivity contribution in [3.05, 3.63) is 106 Å². The largest absolute Gasteiger partial charge is 0.354 e. The van der Waals surface area contributed by atoms with E-state index in [1.807, 2.05) is 18.2 Å². The van der Waals surface area contributed by atoms with Crippen molar-refractivity contribution in [1.82, 2.24) is 15.2 Å². The highest BCUT2D eigenvalue weighted by Crippen LogP contribution is 2.30. The van der Waals surface area contributed by atoms with Crippen LogP contribution in [0.25, 0.3) is 0 Å². The van der Waals surface area contributed by atoms with Crippen molar-refractivity contribution in [2.75, 3.05) is 44.2 Å². The lowest BCUT2D eigenvalue weighted by Crippen LogP contribution is -2.48. The Bertz CT molecular complexity index is 1030. The monoisotopic (exact) mass is 461 g/mol. The number of nitrogens with zero attached hydrogens (tertiary/aromatic N) is 4. The number of nitrogens with one attached hydrogen (secondary N) is 1. The van der Waals surface area contributed by atoms with Gasteiger partial charge in [-0.2, -0.15) is 0 Å².